The first kappa shape index (κ1) is 22.1. The van der Waals surface area contributed by atoms with Crippen LogP contribution in [0.1, 0.15) is 18.4 Å². The first-order valence-corrected chi connectivity index (χ1v) is 9.78. The predicted molar refractivity (Wildman–Crippen MR) is 107 cm³/mol. The highest BCUT2D eigenvalue weighted by Crippen LogP contribution is 2.12. The van der Waals surface area contributed by atoms with Crippen LogP contribution in [0.25, 0.3) is 0 Å². The molecule has 0 saturated carbocycles. The van der Waals surface area contributed by atoms with Gasteiger partial charge >= 0.3 is 0 Å². The quantitative estimate of drug-likeness (QED) is 0.297. The maximum Gasteiger partial charge on any atom is 0.224 e. The molecule has 0 aromatic heterocycles. The van der Waals surface area contributed by atoms with Gasteiger partial charge in [-0.25, -0.2) is 4.39 Å². The van der Waals surface area contributed by atoms with Crippen molar-refractivity contribution in [3.05, 3.63) is 35.6 Å². The Morgan fingerprint density at radius 1 is 1.29 bits per heavy atom. The van der Waals surface area contributed by atoms with E-state index in [1.807, 2.05) is 0 Å². The van der Waals surface area contributed by atoms with Gasteiger partial charge in [-0.05, 0) is 30.5 Å². The van der Waals surface area contributed by atoms with Crippen LogP contribution in [0.15, 0.2) is 29.3 Å². The zero-order valence-electron chi connectivity index (χ0n) is 16.5. The van der Waals surface area contributed by atoms with Crippen LogP contribution in [0.5, 0.6) is 0 Å². The number of rotatable bonds is 11. The molecule has 1 aliphatic rings. The van der Waals surface area contributed by atoms with E-state index in [2.05, 4.69) is 20.9 Å². The van der Waals surface area contributed by atoms with E-state index in [4.69, 9.17) is 9.47 Å². The molecule has 1 amide bonds. The number of ether oxygens (including phenoxy) is 2. The van der Waals surface area contributed by atoms with Crippen molar-refractivity contribution in [3.63, 3.8) is 0 Å². The molecule has 1 fully saturated rings. The van der Waals surface area contributed by atoms with E-state index in [1.54, 1.807) is 19.2 Å². The number of nitrogens with zero attached hydrogens (tertiary/aromatic N) is 1. The van der Waals surface area contributed by atoms with E-state index >= 15 is 0 Å². The van der Waals surface area contributed by atoms with Crippen molar-refractivity contribution >= 4 is 11.9 Å². The molecule has 28 heavy (non-hydrogen) atoms. The van der Waals surface area contributed by atoms with E-state index in [0.29, 0.717) is 37.1 Å². The minimum absolute atomic E-state index is 0.139. The molecule has 1 atom stereocenters. The van der Waals surface area contributed by atoms with Crippen molar-refractivity contribution in [1.29, 1.82) is 0 Å². The Morgan fingerprint density at radius 2 is 2.11 bits per heavy atom. The second-order valence-corrected chi connectivity index (χ2v) is 6.74. The third-order valence-electron chi connectivity index (χ3n) is 4.35. The summed E-state index contributed by atoms with van der Waals surface area (Å²) < 4.78 is 24.1. The van der Waals surface area contributed by atoms with E-state index in [1.165, 1.54) is 12.1 Å². The summed E-state index contributed by atoms with van der Waals surface area (Å²) in [7, 11) is 1.70. The van der Waals surface area contributed by atoms with E-state index in [9.17, 15) is 9.18 Å². The van der Waals surface area contributed by atoms with Crippen LogP contribution in [0.3, 0.4) is 0 Å². The molecule has 0 radical (unpaired) electrons. The second kappa shape index (κ2) is 13.1. The van der Waals surface area contributed by atoms with Gasteiger partial charge in [0.2, 0.25) is 5.91 Å². The lowest BCUT2D eigenvalue weighted by Crippen LogP contribution is -2.42. The molecule has 156 valence electrons. The summed E-state index contributed by atoms with van der Waals surface area (Å²) in [5, 5.41) is 9.16. The summed E-state index contributed by atoms with van der Waals surface area (Å²) in [6, 6.07) is 6.07. The molecule has 1 heterocycles. The van der Waals surface area contributed by atoms with Gasteiger partial charge in [-0.3, -0.25) is 9.79 Å². The Morgan fingerprint density at radius 3 is 2.86 bits per heavy atom. The normalized spacial score (nSPS) is 16.8. The van der Waals surface area contributed by atoms with Crippen LogP contribution in [0.2, 0.25) is 0 Å². The Hall–Kier alpha value is -2.19. The molecule has 1 aliphatic heterocycles. The van der Waals surface area contributed by atoms with Crippen molar-refractivity contribution in [2.75, 3.05) is 53.1 Å². The number of hydrogen-bond donors (Lipinski definition) is 3. The average molecular weight is 394 g/mol. The second-order valence-electron chi connectivity index (χ2n) is 6.74. The SMILES string of the molecule is CN=C(NCCCOCC1CCOC1)NCCNC(=O)Cc1cccc(F)c1. The molecule has 7 nitrogen and oxygen atoms in total. The summed E-state index contributed by atoms with van der Waals surface area (Å²) in [5.74, 6) is 0.752. The molecule has 0 bridgehead atoms. The number of guanidine groups is 1. The lowest BCUT2D eigenvalue weighted by molar-refractivity contribution is -0.120. The molecule has 2 rings (SSSR count). The van der Waals surface area contributed by atoms with Crippen LogP contribution in [0.4, 0.5) is 4.39 Å². The first-order valence-electron chi connectivity index (χ1n) is 9.78. The number of amides is 1. The number of carbonyl (C=O) groups excluding carboxylic acids is 1. The Bertz CT molecular complexity index is 621. The van der Waals surface area contributed by atoms with Gasteiger partial charge in [0.25, 0.3) is 0 Å². The van der Waals surface area contributed by atoms with E-state index in [0.717, 1.165) is 39.2 Å². The van der Waals surface area contributed by atoms with Crippen molar-refractivity contribution in [2.24, 2.45) is 10.9 Å². The number of carbonyl (C=O) groups is 1. The van der Waals surface area contributed by atoms with Gasteiger partial charge in [0, 0.05) is 45.8 Å². The van der Waals surface area contributed by atoms with Gasteiger partial charge in [0.15, 0.2) is 5.96 Å². The fraction of sp³-hybridized carbons (Fsp3) is 0.600. The highest BCUT2D eigenvalue weighted by molar-refractivity contribution is 5.80. The van der Waals surface area contributed by atoms with Crippen molar-refractivity contribution in [3.8, 4) is 0 Å². The Balaban J connectivity index is 1.48. The van der Waals surface area contributed by atoms with Crippen molar-refractivity contribution < 1.29 is 18.7 Å². The van der Waals surface area contributed by atoms with Gasteiger partial charge < -0.3 is 25.4 Å². The molecule has 0 aliphatic carbocycles. The van der Waals surface area contributed by atoms with Gasteiger partial charge in [-0.2, -0.15) is 0 Å². The Kier molecular flexibility index (Phi) is 10.3. The van der Waals surface area contributed by atoms with Crippen LogP contribution in [-0.4, -0.2) is 65.0 Å². The summed E-state index contributed by atoms with van der Waals surface area (Å²) in [4.78, 5) is 16.0. The molecule has 1 unspecified atom stereocenters. The predicted octanol–water partition coefficient (Wildman–Crippen LogP) is 1.09. The molecule has 8 heteroatoms. The monoisotopic (exact) mass is 394 g/mol. The zero-order valence-corrected chi connectivity index (χ0v) is 16.5. The lowest BCUT2D eigenvalue weighted by atomic mass is 10.1. The number of hydrogen-bond acceptors (Lipinski definition) is 4. The fourth-order valence-corrected chi connectivity index (χ4v) is 2.84. The number of aliphatic imine (C=N–C) groups is 1. The molecule has 0 spiro atoms. The van der Waals surface area contributed by atoms with Gasteiger partial charge in [0.1, 0.15) is 5.82 Å². The summed E-state index contributed by atoms with van der Waals surface area (Å²) >= 11 is 0. The number of benzene rings is 1. The average Bonchev–Trinajstić information content (AvgIpc) is 3.19. The Labute approximate surface area is 166 Å². The summed E-state index contributed by atoms with van der Waals surface area (Å²) in [5.41, 5.74) is 0.658. The molecule has 3 N–H and O–H groups in total. The highest BCUT2D eigenvalue weighted by Gasteiger charge is 2.15. The third-order valence-corrected chi connectivity index (χ3v) is 4.35. The fourth-order valence-electron chi connectivity index (χ4n) is 2.84. The maximum absolute atomic E-state index is 13.1. The number of halogens is 1. The van der Waals surface area contributed by atoms with Crippen LogP contribution >= 0.6 is 0 Å². The maximum atomic E-state index is 13.1. The number of nitrogens with one attached hydrogen (secondary N) is 3. The van der Waals surface area contributed by atoms with Gasteiger partial charge in [-0.1, -0.05) is 12.1 Å². The van der Waals surface area contributed by atoms with Crippen LogP contribution in [0, 0.1) is 11.7 Å². The molecule has 1 saturated heterocycles. The zero-order chi connectivity index (χ0) is 20.0. The molecular formula is C20H31FN4O3. The largest absolute Gasteiger partial charge is 0.381 e. The third kappa shape index (κ3) is 9.14. The highest BCUT2D eigenvalue weighted by atomic mass is 19.1. The lowest BCUT2D eigenvalue weighted by Gasteiger charge is -2.13. The standard InChI is InChI=1S/C20H31FN4O3/c1-22-20(24-7-3-10-27-14-17-6-11-28-15-17)25-9-8-23-19(26)13-16-4-2-5-18(21)12-16/h2,4-5,12,17H,3,6-11,13-15H2,1H3,(H,23,26)(H2,22,24,25). The molecule has 1 aromatic rings. The van der Waals surface area contributed by atoms with Gasteiger partial charge in [-0.15, -0.1) is 0 Å². The summed E-state index contributed by atoms with van der Waals surface area (Å²) in [6.07, 6.45) is 2.14. The minimum Gasteiger partial charge on any atom is -0.381 e. The first-order chi connectivity index (χ1) is 13.7. The van der Waals surface area contributed by atoms with Crippen LogP contribution in [-0.2, 0) is 20.7 Å². The van der Waals surface area contributed by atoms with Gasteiger partial charge in [0.05, 0.1) is 19.6 Å². The minimum atomic E-state index is -0.334. The van der Waals surface area contributed by atoms with Crippen molar-refractivity contribution in [1.82, 2.24) is 16.0 Å². The molecular weight excluding hydrogens is 363 g/mol. The van der Waals surface area contributed by atoms with Crippen molar-refractivity contribution in [2.45, 2.75) is 19.3 Å². The molecule has 1 aromatic carbocycles. The van der Waals surface area contributed by atoms with E-state index < -0.39 is 0 Å². The smallest absolute Gasteiger partial charge is 0.224 e. The van der Waals surface area contributed by atoms with E-state index in [-0.39, 0.29) is 18.1 Å². The van der Waals surface area contributed by atoms with Crippen LogP contribution < -0.4 is 16.0 Å². The summed E-state index contributed by atoms with van der Waals surface area (Å²) in [6.45, 7) is 4.90. The topological polar surface area (TPSA) is 84.0 Å².